The molecule has 0 bridgehead atoms. The number of nitro benzene ring substituents is 1. The first-order valence-electron chi connectivity index (χ1n) is 8.70. The molecule has 132 valence electrons. The number of quaternary nitrogens is 2. The Hall–Kier alpha value is -1.95. The van der Waals surface area contributed by atoms with E-state index in [0.29, 0.717) is 0 Å². The van der Waals surface area contributed by atoms with E-state index in [2.05, 4.69) is 13.0 Å². The molecular weight excluding hydrogens is 338 g/mol. The van der Waals surface area contributed by atoms with Crippen LogP contribution in [0.1, 0.15) is 24.1 Å². The van der Waals surface area contributed by atoms with Crippen molar-refractivity contribution in [1.82, 2.24) is 0 Å². The monoisotopic (exact) mass is 361 g/mol. The number of halogens is 1. The second-order valence-corrected chi connectivity index (χ2v) is 7.23. The zero-order valence-electron chi connectivity index (χ0n) is 14.4. The minimum absolute atomic E-state index is 0.175. The highest BCUT2D eigenvalue weighted by Crippen LogP contribution is 2.17. The van der Waals surface area contributed by atoms with Gasteiger partial charge in [-0.25, -0.2) is 0 Å². The van der Waals surface area contributed by atoms with Gasteiger partial charge in [0, 0.05) is 28.3 Å². The van der Waals surface area contributed by atoms with E-state index in [1.54, 1.807) is 23.1 Å². The van der Waals surface area contributed by atoms with Gasteiger partial charge in [0.25, 0.3) is 5.69 Å². The lowest BCUT2D eigenvalue weighted by Crippen LogP contribution is -3.27. The molecule has 0 spiro atoms. The van der Waals surface area contributed by atoms with Gasteiger partial charge >= 0.3 is 0 Å². The van der Waals surface area contributed by atoms with Gasteiger partial charge in [-0.2, -0.15) is 0 Å². The van der Waals surface area contributed by atoms with Crippen molar-refractivity contribution in [3.05, 3.63) is 74.8 Å². The molecule has 3 rings (SSSR count). The Morgan fingerprint density at radius 2 is 1.84 bits per heavy atom. The van der Waals surface area contributed by atoms with Crippen LogP contribution in [0, 0.1) is 10.1 Å². The van der Waals surface area contributed by atoms with Crippen LogP contribution in [-0.2, 0) is 6.54 Å². The SMILES string of the molecule is C[C@@H](c1cccc([N+](=O)[O-])c1)[NH+]1CC[NH+](Cc2cccc(Cl)c2)CC1. The quantitative estimate of drug-likeness (QED) is 0.623. The van der Waals surface area contributed by atoms with Crippen molar-refractivity contribution in [3.8, 4) is 0 Å². The predicted octanol–water partition coefficient (Wildman–Crippen LogP) is 1.29. The molecule has 0 amide bonds. The molecule has 2 N–H and O–H groups in total. The molecule has 2 aromatic rings. The molecular formula is C19H24ClN3O2+2. The second-order valence-electron chi connectivity index (χ2n) is 6.79. The molecule has 1 saturated heterocycles. The molecule has 1 heterocycles. The summed E-state index contributed by atoms with van der Waals surface area (Å²) in [6.45, 7) is 7.50. The maximum Gasteiger partial charge on any atom is 0.269 e. The number of nitrogens with zero attached hydrogens (tertiary/aromatic N) is 1. The van der Waals surface area contributed by atoms with Crippen molar-refractivity contribution in [2.24, 2.45) is 0 Å². The van der Waals surface area contributed by atoms with Crippen molar-refractivity contribution in [2.75, 3.05) is 26.2 Å². The fourth-order valence-corrected chi connectivity index (χ4v) is 3.83. The van der Waals surface area contributed by atoms with Crippen LogP contribution < -0.4 is 9.80 Å². The lowest BCUT2D eigenvalue weighted by atomic mass is 10.1. The average molecular weight is 362 g/mol. The number of rotatable bonds is 5. The zero-order chi connectivity index (χ0) is 17.8. The minimum atomic E-state index is -0.321. The Labute approximate surface area is 153 Å². The normalized spacial score (nSPS) is 21.7. The van der Waals surface area contributed by atoms with E-state index in [9.17, 15) is 10.1 Å². The molecule has 2 aromatic carbocycles. The van der Waals surface area contributed by atoms with Crippen LogP contribution in [0.15, 0.2) is 48.5 Å². The molecule has 1 aliphatic heterocycles. The Balaban J connectivity index is 1.58. The van der Waals surface area contributed by atoms with E-state index in [-0.39, 0.29) is 16.7 Å². The van der Waals surface area contributed by atoms with Gasteiger partial charge in [-0.3, -0.25) is 10.1 Å². The summed E-state index contributed by atoms with van der Waals surface area (Å²) in [4.78, 5) is 13.7. The van der Waals surface area contributed by atoms with Crippen molar-refractivity contribution >= 4 is 17.3 Å². The van der Waals surface area contributed by atoms with Crippen molar-refractivity contribution in [1.29, 1.82) is 0 Å². The topological polar surface area (TPSA) is 52.0 Å². The molecule has 1 atom stereocenters. The summed E-state index contributed by atoms with van der Waals surface area (Å²) in [5, 5.41) is 11.8. The molecule has 1 aliphatic rings. The van der Waals surface area contributed by atoms with Crippen LogP contribution in [0.2, 0.25) is 5.02 Å². The Morgan fingerprint density at radius 3 is 2.52 bits per heavy atom. The van der Waals surface area contributed by atoms with Gasteiger partial charge < -0.3 is 9.80 Å². The van der Waals surface area contributed by atoms with Crippen LogP contribution in [0.4, 0.5) is 5.69 Å². The standard InChI is InChI=1S/C19H22ClN3O2/c1-15(17-5-3-7-19(13-17)23(24)25)22-10-8-21(9-11-22)14-16-4-2-6-18(20)12-16/h2-7,12-13,15H,8-11,14H2,1H3/p+2/t15-/m0/s1. The summed E-state index contributed by atoms with van der Waals surface area (Å²) in [6, 6.07) is 15.4. The summed E-state index contributed by atoms with van der Waals surface area (Å²) in [5.41, 5.74) is 2.49. The highest BCUT2D eigenvalue weighted by molar-refractivity contribution is 6.30. The van der Waals surface area contributed by atoms with Crippen molar-refractivity contribution in [3.63, 3.8) is 0 Å². The Bertz CT molecular complexity index is 745. The van der Waals surface area contributed by atoms with E-state index < -0.39 is 0 Å². The lowest BCUT2D eigenvalue weighted by molar-refractivity contribution is -1.03. The molecule has 0 radical (unpaired) electrons. The molecule has 1 fully saturated rings. The third-order valence-corrected chi connectivity index (χ3v) is 5.37. The van der Waals surface area contributed by atoms with Crippen LogP contribution in [0.3, 0.4) is 0 Å². The van der Waals surface area contributed by atoms with E-state index in [1.807, 2.05) is 24.3 Å². The molecule has 0 aromatic heterocycles. The molecule has 0 saturated carbocycles. The highest BCUT2D eigenvalue weighted by atomic mass is 35.5. The van der Waals surface area contributed by atoms with Crippen LogP contribution in [-0.4, -0.2) is 31.1 Å². The molecule has 0 aliphatic carbocycles. The van der Waals surface area contributed by atoms with E-state index >= 15 is 0 Å². The fourth-order valence-electron chi connectivity index (χ4n) is 3.61. The largest absolute Gasteiger partial charge is 0.322 e. The number of piperazine rings is 1. The first-order valence-corrected chi connectivity index (χ1v) is 9.07. The zero-order valence-corrected chi connectivity index (χ0v) is 15.1. The van der Waals surface area contributed by atoms with Crippen molar-refractivity contribution in [2.45, 2.75) is 19.5 Å². The number of benzene rings is 2. The first kappa shape index (κ1) is 17.9. The molecule has 6 heteroatoms. The third-order valence-electron chi connectivity index (χ3n) is 5.14. The van der Waals surface area contributed by atoms with E-state index in [0.717, 1.165) is 43.3 Å². The molecule has 25 heavy (non-hydrogen) atoms. The summed E-state index contributed by atoms with van der Waals surface area (Å²) < 4.78 is 0. The van der Waals surface area contributed by atoms with Gasteiger partial charge in [0.15, 0.2) is 0 Å². The summed E-state index contributed by atoms with van der Waals surface area (Å²) in [7, 11) is 0. The van der Waals surface area contributed by atoms with E-state index in [4.69, 9.17) is 11.6 Å². The summed E-state index contributed by atoms with van der Waals surface area (Å²) >= 11 is 6.07. The number of nitrogens with one attached hydrogen (secondary N) is 2. The predicted molar refractivity (Wildman–Crippen MR) is 98.1 cm³/mol. The highest BCUT2D eigenvalue weighted by Gasteiger charge is 2.28. The van der Waals surface area contributed by atoms with Gasteiger partial charge in [-0.1, -0.05) is 35.9 Å². The maximum absolute atomic E-state index is 11.0. The van der Waals surface area contributed by atoms with Crippen LogP contribution in [0.5, 0.6) is 0 Å². The van der Waals surface area contributed by atoms with Gasteiger partial charge in [0.2, 0.25) is 0 Å². The van der Waals surface area contributed by atoms with Gasteiger partial charge in [-0.05, 0) is 19.1 Å². The second kappa shape index (κ2) is 7.95. The average Bonchev–Trinajstić information content (AvgIpc) is 2.62. The lowest BCUT2D eigenvalue weighted by Gasteiger charge is -2.33. The number of hydrogen-bond acceptors (Lipinski definition) is 2. The van der Waals surface area contributed by atoms with Gasteiger partial charge in [0.1, 0.15) is 38.8 Å². The molecule has 0 unspecified atom stereocenters. The van der Waals surface area contributed by atoms with Crippen LogP contribution in [0.25, 0.3) is 0 Å². The van der Waals surface area contributed by atoms with Gasteiger partial charge in [-0.15, -0.1) is 0 Å². The number of hydrogen-bond donors (Lipinski definition) is 2. The number of non-ortho nitro benzene ring substituents is 1. The van der Waals surface area contributed by atoms with Gasteiger partial charge in [0.05, 0.1) is 4.92 Å². The third kappa shape index (κ3) is 4.57. The van der Waals surface area contributed by atoms with Crippen LogP contribution >= 0.6 is 11.6 Å². The smallest absolute Gasteiger partial charge is 0.269 e. The summed E-state index contributed by atoms with van der Waals surface area (Å²) in [6.07, 6.45) is 0. The van der Waals surface area contributed by atoms with E-state index in [1.165, 1.54) is 10.5 Å². The number of nitro groups is 1. The molecule has 5 nitrogen and oxygen atoms in total. The first-order chi connectivity index (χ1) is 12.0. The Kier molecular flexibility index (Phi) is 5.68. The minimum Gasteiger partial charge on any atom is -0.322 e. The maximum atomic E-state index is 11.0. The summed E-state index contributed by atoms with van der Waals surface area (Å²) in [5.74, 6) is 0. The Morgan fingerprint density at radius 1 is 1.12 bits per heavy atom. The van der Waals surface area contributed by atoms with Crippen molar-refractivity contribution < 1.29 is 14.7 Å². The fraction of sp³-hybridized carbons (Fsp3) is 0.368.